The van der Waals surface area contributed by atoms with Crippen LogP contribution in [0.5, 0.6) is 5.75 Å². The highest BCUT2D eigenvalue weighted by Gasteiger charge is 2.16. The summed E-state index contributed by atoms with van der Waals surface area (Å²) in [6.07, 6.45) is 0. The van der Waals surface area contributed by atoms with Crippen LogP contribution < -0.4 is 9.54 Å². The molecular weight excluding hydrogens is 372 g/mol. The monoisotopic (exact) mass is 386 g/mol. The van der Waals surface area contributed by atoms with E-state index in [2.05, 4.69) is 4.99 Å². The van der Waals surface area contributed by atoms with E-state index in [1.807, 2.05) is 42.8 Å². The Morgan fingerprint density at radius 2 is 2.12 bits per heavy atom. The number of thiazole rings is 1. The van der Waals surface area contributed by atoms with E-state index >= 15 is 0 Å². The fourth-order valence-corrected chi connectivity index (χ4v) is 4.32. The minimum absolute atomic E-state index is 0.171. The molecule has 0 saturated heterocycles. The number of hydrogen-bond donors (Lipinski definition) is 0. The zero-order valence-corrected chi connectivity index (χ0v) is 15.9. The van der Waals surface area contributed by atoms with Gasteiger partial charge in [0.2, 0.25) is 0 Å². The van der Waals surface area contributed by atoms with Gasteiger partial charge < -0.3 is 13.7 Å². The molecule has 0 saturated carbocycles. The second-order valence-corrected chi connectivity index (χ2v) is 7.28. The van der Waals surface area contributed by atoms with Crippen molar-refractivity contribution in [3.05, 3.63) is 57.5 Å². The minimum atomic E-state index is -0.445. The highest BCUT2D eigenvalue weighted by atomic mass is 35.5. The van der Waals surface area contributed by atoms with Crippen LogP contribution in [-0.4, -0.2) is 17.6 Å². The topological polar surface area (TPSA) is 56.7 Å². The highest BCUT2D eigenvalue weighted by molar-refractivity contribution is 7.17. The number of aryl methyl sites for hydroxylation is 2. The van der Waals surface area contributed by atoms with Gasteiger partial charge in [-0.1, -0.05) is 41.1 Å². The average molecular weight is 387 g/mol. The van der Waals surface area contributed by atoms with Gasteiger partial charge in [-0.25, -0.2) is 0 Å². The van der Waals surface area contributed by atoms with Crippen LogP contribution in [0.4, 0.5) is 0 Å². The predicted molar refractivity (Wildman–Crippen MR) is 103 cm³/mol. The third-order valence-electron chi connectivity index (χ3n) is 4.24. The van der Waals surface area contributed by atoms with Gasteiger partial charge in [0, 0.05) is 12.4 Å². The third-order valence-corrected chi connectivity index (χ3v) is 5.83. The van der Waals surface area contributed by atoms with Crippen LogP contribution in [0.25, 0.3) is 21.2 Å². The Kier molecular flexibility index (Phi) is 4.09. The summed E-state index contributed by atoms with van der Waals surface area (Å²) in [6.45, 7) is 2.00. The van der Waals surface area contributed by atoms with Crippen molar-refractivity contribution in [1.29, 1.82) is 0 Å². The Bertz CT molecular complexity index is 1230. The maximum Gasteiger partial charge on any atom is 0.315 e. The van der Waals surface area contributed by atoms with Gasteiger partial charge >= 0.3 is 5.91 Å². The average Bonchev–Trinajstić information content (AvgIpc) is 3.21. The van der Waals surface area contributed by atoms with E-state index in [1.54, 1.807) is 19.2 Å². The summed E-state index contributed by atoms with van der Waals surface area (Å²) in [4.78, 5) is 17.5. The van der Waals surface area contributed by atoms with Gasteiger partial charge in [0.1, 0.15) is 0 Å². The number of fused-ring (bicyclic) bond motifs is 2. The van der Waals surface area contributed by atoms with Crippen molar-refractivity contribution in [3.8, 4) is 5.75 Å². The highest BCUT2D eigenvalue weighted by Crippen LogP contribution is 2.30. The van der Waals surface area contributed by atoms with Crippen molar-refractivity contribution >= 4 is 50.0 Å². The zero-order valence-electron chi connectivity index (χ0n) is 14.4. The van der Waals surface area contributed by atoms with Crippen molar-refractivity contribution in [2.45, 2.75) is 6.92 Å². The number of aromatic nitrogens is 1. The Morgan fingerprint density at radius 3 is 2.85 bits per heavy atom. The molecule has 0 atom stereocenters. The third kappa shape index (κ3) is 2.62. The lowest BCUT2D eigenvalue weighted by atomic mass is 10.2. The number of para-hydroxylation sites is 1. The van der Waals surface area contributed by atoms with E-state index in [0.29, 0.717) is 21.2 Å². The van der Waals surface area contributed by atoms with Crippen LogP contribution >= 0.6 is 22.9 Å². The molecule has 0 N–H and O–H groups in total. The number of rotatable bonds is 2. The zero-order chi connectivity index (χ0) is 18.4. The van der Waals surface area contributed by atoms with Crippen molar-refractivity contribution < 1.29 is 13.9 Å². The van der Waals surface area contributed by atoms with E-state index in [0.717, 1.165) is 21.2 Å². The molecule has 132 valence electrons. The first-order valence-electron chi connectivity index (χ1n) is 7.90. The summed E-state index contributed by atoms with van der Waals surface area (Å²) in [6, 6.07) is 11.0. The summed E-state index contributed by atoms with van der Waals surface area (Å²) in [5.74, 6) is 0.306. The SMILES string of the molecule is COc1cccc2cc(C(=O)N=c3sc4c(Cl)ccc(C)c4n3C)oc12. The predicted octanol–water partition coefficient (Wildman–Crippen LogP) is 4.70. The molecule has 0 unspecified atom stereocenters. The molecule has 0 fully saturated rings. The summed E-state index contributed by atoms with van der Waals surface area (Å²) >= 11 is 7.67. The summed E-state index contributed by atoms with van der Waals surface area (Å²) in [7, 11) is 3.43. The standard InChI is InChI=1S/C19H15ClN2O3S/c1-10-7-8-12(20)17-15(10)22(2)19(26-17)21-18(23)14-9-11-5-4-6-13(24-3)16(11)25-14/h4-9H,1-3H3. The number of hydrogen-bond acceptors (Lipinski definition) is 4. The molecule has 2 aromatic carbocycles. The quantitative estimate of drug-likeness (QED) is 0.501. The molecule has 0 aliphatic carbocycles. The molecule has 26 heavy (non-hydrogen) atoms. The lowest BCUT2D eigenvalue weighted by molar-refractivity contribution is 0.0973. The van der Waals surface area contributed by atoms with Gasteiger partial charge in [-0.2, -0.15) is 4.99 Å². The van der Waals surface area contributed by atoms with Gasteiger partial charge in [0.15, 0.2) is 21.9 Å². The van der Waals surface area contributed by atoms with Gasteiger partial charge in [-0.3, -0.25) is 4.79 Å². The molecule has 0 spiro atoms. The van der Waals surface area contributed by atoms with Crippen molar-refractivity contribution in [1.82, 2.24) is 4.57 Å². The van der Waals surface area contributed by atoms with Crippen LogP contribution in [0.15, 0.2) is 45.8 Å². The second-order valence-electron chi connectivity index (χ2n) is 5.89. The second kappa shape index (κ2) is 6.30. The van der Waals surface area contributed by atoms with E-state index in [9.17, 15) is 4.79 Å². The normalized spacial score (nSPS) is 12.2. The van der Waals surface area contributed by atoms with E-state index < -0.39 is 5.91 Å². The number of furan rings is 1. The molecule has 4 rings (SSSR count). The number of carbonyl (C=O) groups excluding carboxylic acids is 1. The Morgan fingerprint density at radius 1 is 1.31 bits per heavy atom. The van der Waals surface area contributed by atoms with Gasteiger partial charge in [-0.15, -0.1) is 0 Å². The molecule has 0 radical (unpaired) electrons. The molecule has 1 amide bonds. The van der Waals surface area contributed by atoms with E-state index in [1.165, 1.54) is 11.3 Å². The Hall–Kier alpha value is -2.57. The first kappa shape index (κ1) is 16.9. The fourth-order valence-electron chi connectivity index (χ4n) is 2.96. The van der Waals surface area contributed by atoms with Crippen LogP contribution in [0.1, 0.15) is 16.1 Å². The molecular formula is C19H15ClN2O3S. The van der Waals surface area contributed by atoms with E-state index in [-0.39, 0.29) is 5.76 Å². The summed E-state index contributed by atoms with van der Waals surface area (Å²) < 4.78 is 13.7. The molecule has 0 aliphatic rings. The number of methoxy groups -OCH3 is 1. The number of ether oxygens (including phenoxy) is 1. The van der Waals surface area contributed by atoms with Crippen molar-refractivity contribution in [3.63, 3.8) is 0 Å². The first-order chi connectivity index (χ1) is 12.5. The largest absolute Gasteiger partial charge is 0.493 e. The first-order valence-corrected chi connectivity index (χ1v) is 9.09. The molecule has 4 aromatic rings. The lowest BCUT2D eigenvalue weighted by Gasteiger charge is -2.00. The van der Waals surface area contributed by atoms with Gasteiger partial charge in [0.25, 0.3) is 0 Å². The minimum Gasteiger partial charge on any atom is -0.493 e. The van der Waals surface area contributed by atoms with Gasteiger partial charge in [0.05, 0.1) is 22.3 Å². The van der Waals surface area contributed by atoms with Gasteiger partial charge in [-0.05, 0) is 30.7 Å². The maximum atomic E-state index is 12.6. The number of carbonyl (C=O) groups is 1. The van der Waals surface area contributed by atoms with Crippen LogP contribution in [0.2, 0.25) is 5.02 Å². The number of halogens is 1. The van der Waals surface area contributed by atoms with E-state index in [4.69, 9.17) is 20.8 Å². The van der Waals surface area contributed by atoms with Crippen LogP contribution in [-0.2, 0) is 7.05 Å². The fraction of sp³-hybridized carbons (Fsp3) is 0.158. The molecule has 7 heteroatoms. The summed E-state index contributed by atoms with van der Waals surface area (Å²) in [5.41, 5.74) is 2.58. The Balaban J connectivity index is 1.85. The number of benzene rings is 2. The number of amides is 1. The van der Waals surface area contributed by atoms with Crippen LogP contribution in [0.3, 0.4) is 0 Å². The molecule has 0 aliphatic heterocycles. The van der Waals surface area contributed by atoms with Crippen molar-refractivity contribution in [2.24, 2.45) is 12.0 Å². The molecule has 0 bridgehead atoms. The molecule has 2 aromatic heterocycles. The number of nitrogens with zero attached hydrogens (tertiary/aromatic N) is 2. The smallest absolute Gasteiger partial charge is 0.315 e. The Labute approximate surface area is 158 Å². The molecule has 2 heterocycles. The maximum absolute atomic E-state index is 12.6. The summed E-state index contributed by atoms with van der Waals surface area (Å²) in [5, 5.41) is 1.44. The van der Waals surface area contributed by atoms with Crippen LogP contribution in [0, 0.1) is 6.92 Å². The molecule has 5 nitrogen and oxygen atoms in total. The lowest BCUT2D eigenvalue weighted by Crippen LogP contribution is -2.13. The van der Waals surface area contributed by atoms with Crippen molar-refractivity contribution in [2.75, 3.05) is 7.11 Å².